The third kappa shape index (κ3) is 3.67. The van der Waals surface area contributed by atoms with Crippen LogP contribution in [0.4, 0.5) is 0 Å². The van der Waals surface area contributed by atoms with Crippen LogP contribution in [0, 0.1) is 0 Å². The van der Waals surface area contributed by atoms with Crippen molar-refractivity contribution < 1.29 is 14.3 Å². The van der Waals surface area contributed by atoms with Crippen molar-refractivity contribution in [3.63, 3.8) is 0 Å². The van der Waals surface area contributed by atoms with E-state index in [1.807, 2.05) is 60.7 Å². The van der Waals surface area contributed by atoms with Gasteiger partial charge in [0.25, 0.3) is 0 Å². The van der Waals surface area contributed by atoms with Crippen LogP contribution < -0.4 is 0 Å². The summed E-state index contributed by atoms with van der Waals surface area (Å²) in [7, 11) is 0. The summed E-state index contributed by atoms with van der Waals surface area (Å²) < 4.78 is 7.13. The van der Waals surface area contributed by atoms with Crippen LogP contribution in [0.2, 0.25) is 0 Å². The smallest absolute Gasteiger partial charge is 0.357 e. The molecule has 0 amide bonds. The van der Waals surface area contributed by atoms with Gasteiger partial charge in [0.05, 0.1) is 11.4 Å². The molecule has 1 aliphatic rings. The Labute approximate surface area is 157 Å². The lowest BCUT2D eigenvalue weighted by Gasteiger charge is -2.20. The molecule has 0 bridgehead atoms. The number of benzene rings is 2. The number of para-hydroxylation sites is 1. The Morgan fingerprint density at radius 1 is 1.00 bits per heavy atom. The van der Waals surface area contributed by atoms with Crippen LogP contribution >= 0.6 is 0 Å². The third-order valence-electron chi connectivity index (χ3n) is 4.74. The molecule has 0 saturated heterocycles. The van der Waals surface area contributed by atoms with Gasteiger partial charge in [-0.2, -0.15) is 5.10 Å². The Morgan fingerprint density at radius 3 is 2.41 bits per heavy atom. The molecule has 0 unspecified atom stereocenters. The summed E-state index contributed by atoms with van der Waals surface area (Å²) in [4.78, 5) is 24.9. The first-order valence-electron chi connectivity index (χ1n) is 9.17. The minimum atomic E-state index is -0.648. The van der Waals surface area contributed by atoms with Gasteiger partial charge in [-0.25, -0.2) is 9.48 Å². The van der Waals surface area contributed by atoms with Crippen molar-refractivity contribution in [2.75, 3.05) is 0 Å². The highest BCUT2D eigenvalue weighted by molar-refractivity contribution is 5.93. The third-order valence-corrected chi connectivity index (χ3v) is 4.74. The Hall–Kier alpha value is -3.21. The second-order valence-corrected chi connectivity index (χ2v) is 6.63. The summed E-state index contributed by atoms with van der Waals surface area (Å²) in [6.45, 7) is 0. The molecule has 4 rings (SSSR count). The highest BCUT2D eigenvalue weighted by atomic mass is 16.5. The molecule has 0 radical (unpaired) electrons. The van der Waals surface area contributed by atoms with Crippen molar-refractivity contribution in [1.82, 2.24) is 9.78 Å². The molecule has 1 atom stereocenters. The minimum Gasteiger partial charge on any atom is -0.450 e. The molecule has 0 N–H and O–H groups in total. The van der Waals surface area contributed by atoms with E-state index < -0.39 is 12.1 Å². The lowest BCUT2D eigenvalue weighted by atomic mass is 9.96. The molecular weight excluding hydrogens is 340 g/mol. The van der Waals surface area contributed by atoms with Crippen LogP contribution in [0.5, 0.6) is 0 Å². The molecule has 0 aliphatic heterocycles. The van der Waals surface area contributed by atoms with Gasteiger partial charge in [-0.15, -0.1) is 0 Å². The number of hydrogen-bond acceptors (Lipinski definition) is 4. The van der Waals surface area contributed by atoms with E-state index in [2.05, 4.69) is 5.10 Å². The summed E-state index contributed by atoms with van der Waals surface area (Å²) in [6.07, 6.45) is 2.19. The summed E-state index contributed by atoms with van der Waals surface area (Å²) in [5, 5.41) is 4.61. The fraction of sp³-hybridized carbons (Fsp3) is 0.227. The maximum absolute atomic E-state index is 12.9. The number of carbonyl (C=O) groups excluding carboxylic acids is 2. The van der Waals surface area contributed by atoms with Gasteiger partial charge in [-0.05, 0) is 37.5 Å². The number of ketones is 1. The largest absolute Gasteiger partial charge is 0.450 e. The van der Waals surface area contributed by atoms with Gasteiger partial charge in [0.2, 0.25) is 0 Å². The quantitative estimate of drug-likeness (QED) is 0.654. The van der Waals surface area contributed by atoms with Crippen molar-refractivity contribution in [2.45, 2.75) is 31.8 Å². The lowest BCUT2D eigenvalue weighted by molar-refractivity contribution is -0.129. The molecule has 5 nitrogen and oxygen atoms in total. The zero-order valence-electron chi connectivity index (χ0n) is 14.9. The van der Waals surface area contributed by atoms with E-state index in [4.69, 9.17) is 4.74 Å². The highest BCUT2D eigenvalue weighted by Gasteiger charge is 2.28. The average molecular weight is 360 g/mol. The molecule has 1 saturated carbocycles. The van der Waals surface area contributed by atoms with E-state index in [-0.39, 0.29) is 5.78 Å². The number of ether oxygens (including phenoxy) is 1. The minimum absolute atomic E-state index is 0.00339. The number of rotatable bonds is 4. The van der Waals surface area contributed by atoms with Crippen molar-refractivity contribution in [1.29, 1.82) is 0 Å². The molecule has 136 valence electrons. The van der Waals surface area contributed by atoms with Gasteiger partial charge in [0.1, 0.15) is 0 Å². The number of Topliss-reactive ketones (excluding diaryl/α,β-unsaturated/α-hetero) is 1. The molecule has 1 aliphatic carbocycles. The first-order valence-corrected chi connectivity index (χ1v) is 9.17. The molecule has 27 heavy (non-hydrogen) atoms. The standard InChI is InChI=1S/C22H20N2O3/c25-20-13-7-8-14-21(20)27-22(26)19-15-18(16-9-3-1-4-10-16)23-24(19)17-11-5-2-6-12-17/h1-6,9-12,15,21H,7-8,13-14H2/t21-/m0/s1. The van der Waals surface area contributed by atoms with E-state index >= 15 is 0 Å². The average Bonchev–Trinajstić information content (AvgIpc) is 3.17. The van der Waals surface area contributed by atoms with Crippen LogP contribution in [0.3, 0.4) is 0 Å². The molecule has 0 spiro atoms. The first kappa shape index (κ1) is 17.2. The number of aromatic nitrogens is 2. The molecule has 2 aromatic carbocycles. The van der Waals surface area contributed by atoms with Gasteiger partial charge in [0, 0.05) is 12.0 Å². The van der Waals surface area contributed by atoms with E-state index in [0.717, 1.165) is 24.1 Å². The number of nitrogens with zero attached hydrogens (tertiary/aromatic N) is 2. The SMILES string of the molecule is O=C(O[C@H]1CCCCC1=O)c1cc(-c2ccccc2)nn1-c1ccccc1. The van der Waals surface area contributed by atoms with Crippen LogP contribution in [0.25, 0.3) is 16.9 Å². The van der Waals surface area contributed by atoms with E-state index in [0.29, 0.717) is 24.2 Å². The number of esters is 1. The second kappa shape index (κ2) is 7.58. The Balaban J connectivity index is 1.70. The second-order valence-electron chi connectivity index (χ2n) is 6.63. The van der Waals surface area contributed by atoms with Crippen molar-refractivity contribution in [3.05, 3.63) is 72.4 Å². The van der Waals surface area contributed by atoms with Crippen molar-refractivity contribution in [2.24, 2.45) is 0 Å². The Kier molecular flexibility index (Phi) is 4.83. The molecule has 5 heteroatoms. The summed E-state index contributed by atoms with van der Waals surface area (Å²) in [5.41, 5.74) is 2.68. The first-order chi connectivity index (χ1) is 13.2. The maximum atomic E-state index is 12.9. The van der Waals surface area contributed by atoms with Crippen molar-refractivity contribution in [3.8, 4) is 16.9 Å². The van der Waals surface area contributed by atoms with E-state index in [9.17, 15) is 9.59 Å². The molecular formula is C22H20N2O3. The van der Waals surface area contributed by atoms with E-state index in [1.165, 1.54) is 0 Å². The van der Waals surface area contributed by atoms with Crippen molar-refractivity contribution >= 4 is 11.8 Å². The van der Waals surface area contributed by atoms with Gasteiger partial charge in [-0.1, -0.05) is 48.5 Å². The van der Waals surface area contributed by atoms with Gasteiger partial charge in [-0.3, -0.25) is 4.79 Å². The Morgan fingerprint density at radius 2 is 1.70 bits per heavy atom. The fourth-order valence-electron chi connectivity index (χ4n) is 3.31. The normalized spacial score (nSPS) is 16.9. The maximum Gasteiger partial charge on any atom is 0.357 e. The van der Waals surface area contributed by atoms with E-state index in [1.54, 1.807) is 10.7 Å². The highest BCUT2D eigenvalue weighted by Crippen LogP contribution is 2.24. The van der Waals surface area contributed by atoms with Crippen LogP contribution in [-0.4, -0.2) is 27.6 Å². The number of carbonyl (C=O) groups is 2. The monoisotopic (exact) mass is 360 g/mol. The lowest BCUT2D eigenvalue weighted by Crippen LogP contribution is -2.30. The topological polar surface area (TPSA) is 61.2 Å². The Bertz CT molecular complexity index is 948. The molecule has 1 aromatic heterocycles. The summed E-state index contributed by atoms with van der Waals surface area (Å²) in [5.74, 6) is -0.516. The predicted molar refractivity (Wildman–Crippen MR) is 102 cm³/mol. The van der Waals surface area contributed by atoms with Gasteiger partial charge >= 0.3 is 5.97 Å². The van der Waals surface area contributed by atoms with Crippen LogP contribution in [0.1, 0.15) is 36.2 Å². The molecule has 1 heterocycles. The van der Waals surface area contributed by atoms with Gasteiger partial charge in [0.15, 0.2) is 17.6 Å². The summed E-state index contributed by atoms with van der Waals surface area (Å²) >= 11 is 0. The fourth-order valence-corrected chi connectivity index (χ4v) is 3.31. The molecule has 3 aromatic rings. The van der Waals surface area contributed by atoms with Crippen LogP contribution in [-0.2, 0) is 9.53 Å². The zero-order valence-corrected chi connectivity index (χ0v) is 14.9. The van der Waals surface area contributed by atoms with Crippen LogP contribution in [0.15, 0.2) is 66.7 Å². The summed E-state index contributed by atoms with van der Waals surface area (Å²) in [6, 6.07) is 20.8. The van der Waals surface area contributed by atoms with Gasteiger partial charge < -0.3 is 4.74 Å². The predicted octanol–water partition coefficient (Wildman–Crippen LogP) is 4.21. The molecule has 1 fully saturated rings. The number of hydrogen-bond donors (Lipinski definition) is 0. The zero-order chi connectivity index (χ0) is 18.6.